The number of carbonyl (C=O) groups excluding carboxylic acids is 1. The van der Waals surface area contributed by atoms with Crippen molar-refractivity contribution in [2.24, 2.45) is 7.05 Å². The first-order chi connectivity index (χ1) is 9.65. The predicted octanol–water partition coefficient (Wildman–Crippen LogP) is 0.493. The number of aromatic nitrogens is 2. The van der Waals surface area contributed by atoms with Crippen LogP contribution >= 0.6 is 0 Å². The fraction of sp³-hybridized carbons (Fsp3) is 0.429. The number of benzene rings is 1. The molecule has 20 heavy (non-hydrogen) atoms. The van der Waals surface area contributed by atoms with Crippen LogP contribution < -0.4 is 11.0 Å². The second kappa shape index (κ2) is 6.38. The molecular weight excluding hydrogens is 258 g/mol. The van der Waals surface area contributed by atoms with Gasteiger partial charge in [0.05, 0.1) is 11.0 Å². The number of nitrogens with one attached hydrogen (secondary N) is 1. The van der Waals surface area contributed by atoms with Gasteiger partial charge in [-0.1, -0.05) is 12.1 Å². The van der Waals surface area contributed by atoms with Gasteiger partial charge in [-0.25, -0.2) is 4.79 Å². The van der Waals surface area contributed by atoms with E-state index in [1.54, 1.807) is 18.7 Å². The van der Waals surface area contributed by atoms with Gasteiger partial charge in [0.1, 0.15) is 6.54 Å². The molecule has 0 unspecified atom stereocenters. The van der Waals surface area contributed by atoms with E-state index in [9.17, 15) is 9.59 Å². The van der Waals surface area contributed by atoms with Crippen LogP contribution in [0.15, 0.2) is 29.1 Å². The van der Waals surface area contributed by atoms with Crippen LogP contribution in [0.1, 0.15) is 6.42 Å². The van der Waals surface area contributed by atoms with Crippen LogP contribution in [0, 0.1) is 0 Å². The Hall–Kier alpha value is -2.08. The zero-order chi connectivity index (χ0) is 14.5. The molecule has 0 spiro atoms. The average Bonchev–Trinajstić information content (AvgIpc) is 2.69. The maximum atomic E-state index is 12.1. The SMILES string of the molecule is COCCCNC(=O)Cn1c(=O)n(C)c2ccccc21. The summed E-state index contributed by atoms with van der Waals surface area (Å²) >= 11 is 0. The highest BCUT2D eigenvalue weighted by Crippen LogP contribution is 2.10. The highest BCUT2D eigenvalue weighted by molar-refractivity contribution is 5.80. The lowest BCUT2D eigenvalue weighted by molar-refractivity contribution is -0.121. The number of ether oxygens (including phenoxy) is 1. The molecule has 2 aromatic rings. The lowest BCUT2D eigenvalue weighted by Gasteiger charge is -2.05. The van der Waals surface area contributed by atoms with Crippen molar-refractivity contribution in [2.75, 3.05) is 20.3 Å². The first-order valence-corrected chi connectivity index (χ1v) is 6.55. The molecule has 0 aliphatic heterocycles. The molecule has 0 saturated heterocycles. The van der Waals surface area contributed by atoms with E-state index in [1.807, 2.05) is 24.3 Å². The monoisotopic (exact) mass is 277 g/mol. The van der Waals surface area contributed by atoms with E-state index in [0.717, 1.165) is 17.5 Å². The second-order valence-corrected chi connectivity index (χ2v) is 4.61. The van der Waals surface area contributed by atoms with Crippen LogP contribution in [-0.4, -0.2) is 35.3 Å². The van der Waals surface area contributed by atoms with E-state index in [4.69, 9.17) is 4.74 Å². The highest BCUT2D eigenvalue weighted by Gasteiger charge is 2.12. The Bertz CT molecular complexity index is 657. The van der Waals surface area contributed by atoms with Crippen molar-refractivity contribution >= 4 is 16.9 Å². The van der Waals surface area contributed by atoms with Gasteiger partial charge in [-0.05, 0) is 18.6 Å². The van der Waals surface area contributed by atoms with Crippen LogP contribution in [0.5, 0.6) is 0 Å². The lowest BCUT2D eigenvalue weighted by atomic mass is 10.3. The van der Waals surface area contributed by atoms with E-state index in [0.29, 0.717) is 13.2 Å². The molecule has 1 N–H and O–H groups in total. The molecule has 1 heterocycles. The average molecular weight is 277 g/mol. The van der Waals surface area contributed by atoms with Gasteiger partial charge < -0.3 is 10.1 Å². The van der Waals surface area contributed by atoms with Crippen molar-refractivity contribution in [1.82, 2.24) is 14.5 Å². The normalized spacial score (nSPS) is 10.9. The van der Waals surface area contributed by atoms with Gasteiger partial charge in [-0.3, -0.25) is 13.9 Å². The Morgan fingerprint density at radius 1 is 1.30 bits per heavy atom. The first kappa shape index (κ1) is 14.3. The van der Waals surface area contributed by atoms with Crippen molar-refractivity contribution in [3.63, 3.8) is 0 Å². The third-order valence-electron chi connectivity index (χ3n) is 3.20. The summed E-state index contributed by atoms with van der Waals surface area (Å²) in [6.45, 7) is 1.19. The molecule has 0 atom stereocenters. The summed E-state index contributed by atoms with van der Waals surface area (Å²) in [7, 11) is 3.33. The predicted molar refractivity (Wildman–Crippen MR) is 76.7 cm³/mol. The third-order valence-corrected chi connectivity index (χ3v) is 3.20. The van der Waals surface area contributed by atoms with Gasteiger partial charge in [0, 0.05) is 27.3 Å². The fourth-order valence-corrected chi connectivity index (χ4v) is 2.16. The lowest BCUT2D eigenvalue weighted by Crippen LogP contribution is -2.33. The first-order valence-electron chi connectivity index (χ1n) is 6.55. The molecule has 1 aromatic heterocycles. The molecule has 0 bridgehead atoms. The summed E-state index contributed by atoms with van der Waals surface area (Å²) in [4.78, 5) is 24.0. The molecule has 2 rings (SSSR count). The van der Waals surface area contributed by atoms with Crippen molar-refractivity contribution in [3.05, 3.63) is 34.7 Å². The molecule has 0 fully saturated rings. The quantitative estimate of drug-likeness (QED) is 0.782. The highest BCUT2D eigenvalue weighted by atomic mass is 16.5. The molecule has 0 aliphatic carbocycles. The maximum absolute atomic E-state index is 12.1. The number of hydrogen-bond acceptors (Lipinski definition) is 3. The summed E-state index contributed by atoms with van der Waals surface area (Å²) < 4.78 is 7.95. The number of para-hydroxylation sites is 2. The standard InChI is InChI=1S/C14H19N3O3/c1-16-11-6-3-4-7-12(11)17(14(16)19)10-13(18)15-8-5-9-20-2/h3-4,6-7H,5,8-10H2,1-2H3,(H,15,18). The number of fused-ring (bicyclic) bond motifs is 1. The van der Waals surface area contributed by atoms with E-state index < -0.39 is 0 Å². The summed E-state index contributed by atoms with van der Waals surface area (Å²) in [5.41, 5.74) is 1.41. The van der Waals surface area contributed by atoms with Gasteiger partial charge in [0.2, 0.25) is 5.91 Å². The molecular formula is C14H19N3O3. The zero-order valence-corrected chi connectivity index (χ0v) is 11.8. The van der Waals surface area contributed by atoms with Crippen LogP contribution in [0.2, 0.25) is 0 Å². The van der Waals surface area contributed by atoms with Crippen LogP contribution in [0.4, 0.5) is 0 Å². The van der Waals surface area contributed by atoms with E-state index in [1.165, 1.54) is 4.57 Å². The Kier molecular flexibility index (Phi) is 4.57. The largest absolute Gasteiger partial charge is 0.385 e. The Labute approximate surface area is 117 Å². The molecule has 6 heteroatoms. The Balaban J connectivity index is 2.12. The minimum absolute atomic E-state index is 0.0349. The van der Waals surface area contributed by atoms with Gasteiger partial charge in [-0.2, -0.15) is 0 Å². The number of carbonyl (C=O) groups is 1. The van der Waals surface area contributed by atoms with Gasteiger partial charge in [0.15, 0.2) is 0 Å². The summed E-state index contributed by atoms with van der Waals surface area (Å²) in [5.74, 6) is -0.167. The molecule has 0 aliphatic rings. The van der Waals surface area contributed by atoms with Crippen molar-refractivity contribution < 1.29 is 9.53 Å². The topological polar surface area (TPSA) is 65.3 Å². The van der Waals surface area contributed by atoms with Crippen molar-refractivity contribution in [2.45, 2.75) is 13.0 Å². The molecule has 1 aromatic carbocycles. The van der Waals surface area contributed by atoms with Crippen LogP contribution in [0.25, 0.3) is 11.0 Å². The van der Waals surface area contributed by atoms with Gasteiger partial charge >= 0.3 is 5.69 Å². The number of imidazole rings is 1. The maximum Gasteiger partial charge on any atom is 0.329 e. The fourth-order valence-electron chi connectivity index (χ4n) is 2.16. The third kappa shape index (κ3) is 2.91. The number of amides is 1. The van der Waals surface area contributed by atoms with Gasteiger partial charge in [0.25, 0.3) is 0 Å². The molecule has 108 valence electrons. The number of hydrogen-bond donors (Lipinski definition) is 1. The molecule has 0 saturated carbocycles. The van der Waals surface area contributed by atoms with Crippen LogP contribution in [-0.2, 0) is 23.1 Å². The van der Waals surface area contributed by atoms with E-state index >= 15 is 0 Å². The summed E-state index contributed by atoms with van der Waals surface area (Å²) in [6.07, 6.45) is 0.757. The minimum atomic E-state index is -0.182. The number of aryl methyl sites for hydroxylation is 1. The number of nitrogens with zero attached hydrogens (tertiary/aromatic N) is 2. The minimum Gasteiger partial charge on any atom is -0.385 e. The van der Waals surface area contributed by atoms with Crippen molar-refractivity contribution in [1.29, 1.82) is 0 Å². The number of methoxy groups -OCH3 is 1. The number of rotatable bonds is 6. The van der Waals surface area contributed by atoms with Crippen LogP contribution in [0.3, 0.4) is 0 Å². The van der Waals surface area contributed by atoms with E-state index in [2.05, 4.69) is 5.32 Å². The Morgan fingerprint density at radius 3 is 2.70 bits per heavy atom. The second-order valence-electron chi connectivity index (χ2n) is 4.61. The summed E-state index contributed by atoms with van der Waals surface area (Å²) in [6, 6.07) is 7.43. The Morgan fingerprint density at radius 2 is 2.00 bits per heavy atom. The molecule has 1 amide bonds. The van der Waals surface area contributed by atoms with Crippen molar-refractivity contribution in [3.8, 4) is 0 Å². The zero-order valence-electron chi connectivity index (χ0n) is 11.8. The smallest absolute Gasteiger partial charge is 0.329 e. The van der Waals surface area contributed by atoms with Gasteiger partial charge in [-0.15, -0.1) is 0 Å². The summed E-state index contributed by atoms with van der Waals surface area (Å²) in [5, 5.41) is 2.78. The molecule has 6 nitrogen and oxygen atoms in total. The molecule has 0 radical (unpaired) electrons. The van der Waals surface area contributed by atoms with E-state index in [-0.39, 0.29) is 18.1 Å².